The van der Waals surface area contributed by atoms with Crippen LogP contribution in [0.4, 0.5) is 10.5 Å². The smallest absolute Gasteiger partial charge is 0.421 e. The van der Waals surface area contributed by atoms with Crippen molar-refractivity contribution in [2.45, 2.75) is 0 Å². The van der Waals surface area contributed by atoms with Gasteiger partial charge in [0, 0.05) is 23.7 Å². The molecule has 17 heavy (non-hydrogen) atoms. The number of hydrogen-bond donors (Lipinski definition) is 0. The van der Waals surface area contributed by atoms with E-state index in [2.05, 4.69) is 12.0 Å². The molecular weight excluding hydrogens is 224 g/mol. The summed E-state index contributed by atoms with van der Waals surface area (Å²) in [6.45, 7) is 0.784. The van der Waals surface area contributed by atoms with E-state index in [1.807, 2.05) is 0 Å². The predicted molar refractivity (Wildman–Crippen MR) is 58.0 cm³/mol. The van der Waals surface area contributed by atoms with Crippen LogP contribution in [-0.4, -0.2) is 29.1 Å². The van der Waals surface area contributed by atoms with Gasteiger partial charge in [0.1, 0.15) is 6.61 Å². The summed E-state index contributed by atoms with van der Waals surface area (Å²) < 4.78 is 4.70. The largest absolute Gasteiger partial charge is 0.447 e. The zero-order valence-corrected chi connectivity index (χ0v) is 8.75. The lowest BCUT2D eigenvalue weighted by Gasteiger charge is -1.99. The number of benzene rings is 1. The number of ether oxygens (including phenoxy) is 1. The van der Waals surface area contributed by atoms with E-state index < -0.39 is 11.0 Å². The molecule has 0 bridgehead atoms. The number of cyclic esters (lactones) is 1. The Bertz CT molecular complexity index is 513. The fraction of sp³-hybridized carbons (Fsp3) is 0.182. The number of non-ortho nitro benzene ring substituents is 1. The molecule has 1 aliphatic rings. The van der Waals surface area contributed by atoms with Gasteiger partial charge in [0.15, 0.2) is 0 Å². The molecule has 0 unspecified atom stereocenters. The number of amides is 1. The topological polar surface area (TPSA) is 72.7 Å². The lowest BCUT2D eigenvalue weighted by atomic mass is 10.2. The van der Waals surface area contributed by atoms with Gasteiger partial charge in [-0.1, -0.05) is 0 Å². The number of nitro benzene ring substituents is 1. The predicted octanol–water partition coefficient (Wildman–Crippen LogP) is 1.36. The number of carbonyl (C=O) groups excluding carboxylic acids is 1. The standard InChI is InChI=1S/C11H8N2O4/c14-11-12(7-8-17-11)6-5-9-1-3-10(4-2-9)13(15)16/h1-4H,7-8H2. The zero-order chi connectivity index (χ0) is 12.3. The minimum absolute atomic E-state index is 0.0103. The number of hydrogen-bond acceptors (Lipinski definition) is 4. The SMILES string of the molecule is O=C1OCCN1C#Cc1ccc([N+](=O)[O-])cc1. The number of nitro groups is 1. The first-order valence-electron chi connectivity index (χ1n) is 4.87. The highest BCUT2D eigenvalue weighted by Crippen LogP contribution is 2.11. The molecule has 0 N–H and O–H groups in total. The Labute approximate surface area is 96.9 Å². The molecular formula is C11H8N2O4. The molecule has 6 nitrogen and oxygen atoms in total. The van der Waals surface area contributed by atoms with E-state index in [0.717, 1.165) is 0 Å². The number of nitrogens with zero attached hydrogens (tertiary/aromatic N) is 2. The molecule has 6 heteroatoms. The van der Waals surface area contributed by atoms with Crippen molar-refractivity contribution in [2.24, 2.45) is 0 Å². The van der Waals surface area contributed by atoms with Crippen LogP contribution in [0.1, 0.15) is 5.56 Å². The van der Waals surface area contributed by atoms with Crippen LogP contribution < -0.4 is 0 Å². The van der Waals surface area contributed by atoms with Crippen LogP contribution in [0.15, 0.2) is 24.3 Å². The molecule has 0 saturated carbocycles. The molecule has 0 aliphatic carbocycles. The third-order valence-electron chi connectivity index (χ3n) is 2.17. The average Bonchev–Trinajstić information content (AvgIpc) is 2.73. The summed E-state index contributed by atoms with van der Waals surface area (Å²) in [4.78, 5) is 22.3. The summed E-state index contributed by atoms with van der Waals surface area (Å²) in [6, 6.07) is 8.44. The Morgan fingerprint density at radius 3 is 2.59 bits per heavy atom. The van der Waals surface area contributed by atoms with Gasteiger partial charge in [-0.05, 0) is 18.1 Å². The van der Waals surface area contributed by atoms with Crippen LogP contribution in [-0.2, 0) is 4.74 Å². The summed E-state index contributed by atoms with van der Waals surface area (Å²) in [6.07, 6.45) is -0.459. The van der Waals surface area contributed by atoms with Crippen molar-refractivity contribution in [2.75, 3.05) is 13.2 Å². The normalized spacial score (nSPS) is 13.9. The lowest BCUT2D eigenvalue weighted by molar-refractivity contribution is -0.384. The average molecular weight is 232 g/mol. The van der Waals surface area contributed by atoms with Gasteiger partial charge in [0.25, 0.3) is 5.69 Å². The monoisotopic (exact) mass is 232 g/mol. The molecule has 1 amide bonds. The van der Waals surface area contributed by atoms with Crippen molar-refractivity contribution < 1.29 is 14.5 Å². The molecule has 1 aromatic rings. The quantitative estimate of drug-likeness (QED) is 0.416. The van der Waals surface area contributed by atoms with E-state index in [0.29, 0.717) is 18.7 Å². The second kappa shape index (κ2) is 4.53. The van der Waals surface area contributed by atoms with Crippen LogP contribution in [0.25, 0.3) is 0 Å². The van der Waals surface area contributed by atoms with Crippen LogP contribution in [0, 0.1) is 22.1 Å². The van der Waals surface area contributed by atoms with E-state index in [9.17, 15) is 14.9 Å². The highest BCUT2D eigenvalue weighted by atomic mass is 16.6. The van der Waals surface area contributed by atoms with Crippen molar-refractivity contribution in [1.82, 2.24) is 4.90 Å². The van der Waals surface area contributed by atoms with Crippen LogP contribution >= 0.6 is 0 Å². The van der Waals surface area contributed by atoms with Crippen LogP contribution in [0.5, 0.6) is 0 Å². The summed E-state index contributed by atoms with van der Waals surface area (Å²) in [5.74, 6) is 2.74. The van der Waals surface area contributed by atoms with E-state index in [1.54, 1.807) is 0 Å². The molecule has 1 aliphatic heterocycles. The van der Waals surface area contributed by atoms with Crippen molar-refractivity contribution in [3.05, 3.63) is 39.9 Å². The van der Waals surface area contributed by atoms with E-state index in [4.69, 9.17) is 4.74 Å². The van der Waals surface area contributed by atoms with E-state index in [1.165, 1.54) is 29.2 Å². The van der Waals surface area contributed by atoms with Gasteiger partial charge in [0.2, 0.25) is 0 Å². The van der Waals surface area contributed by atoms with Gasteiger partial charge < -0.3 is 4.74 Å². The Balaban J connectivity index is 2.11. The Morgan fingerprint density at radius 1 is 1.35 bits per heavy atom. The molecule has 1 fully saturated rings. The van der Waals surface area contributed by atoms with Gasteiger partial charge in [-0.2, -0.15) is 0 Å². The van der Waals surface area contributed by atoms with Crippen molar-refractivity contribution in [3.8, 4) is 12.0 Å². The fourth-order valence-electron chi connectivity index (χ4n) is 1.29. The fourth-order valence-corrected chi connectivity index (χ4v) is 1.29. The van der Waals surface area contributed by atoms with E-state index >= 15 is 0 Å². The van der Waals surface area contributed by atoms with Gasteiger partial charge in [0.05, 0.1) is 11.5 Å². The Morgan fingerprint density at radius 2 is 2.06 bits per heavy atom. The first-order chi connectivity index (χ1) is 8.16. The third-order valence-corrected chi connectivity index (χ3v) is 2.17. The van der Waals surface area contributed by atoms with Gasteiger partial charge in [-0.15, -0.1) is 0 Å². The molecule has 0 atom stereocenters. The molecule has 1 saturated heterocycles. The van der Waals surface area contributed by atoms with Crippen molar-refractivity contribution >= 4 is 11.8 Å². The summed E-state index contributed by atoms with van der Waals surface area (Å²) in [5, 5.41) is 10.4. The highest BCUT2D eigenvalue weighted by molar-refractivity contribution is 5.71. The summed E-state index contributed by atoms with van der Waals surface area (Å²) >= 11 is 0. The third kappa shape index (κ3) is 2.52. The first-order valence-corrected chi connectivity index (χ1v) is 4.87. The number of carbonyl (C=O) groups is 1. The molecule has 1 heterocycles. The van der Waals surface area contributed by atoms with Crippen LogP contribution in [0.2, 0.25) is 0 Å². The second-order valence-corrected chi connectivity index (χ2v) is 3.31. The van der Waals surface area contributed by atoms with Crippen molar-refractivity contribution in [3.63, 3.8) is 0 Å². The maximum absolute atomic E-state index is 11.1. The molecule has 86 valence electrons. The Hall–Kier alpha value is -2.55. The molecule has 0 radical (unpaired) electrons. The van der Waals surface area contributed by atoms with Crippen LogP contribution in [0.3, 0.4) is 0 Å². The second-order valence-electron chi connectivity index (χ2n) is 3.31. The highest BCUT2D eigenvalue weighted by Gasteiger charge is 2.19. The summed E-state index contributed by atoms with van der Waals surface area (Å²) in [7, 11) is 0. The molecule has 0 spiro atoms. The minimum Gasteiger partial charge on any atom is -0.447 e. The summed E-state index contributed by atoms with van der Waals surface area (Å²) in [5.41, 5.74) is 0.617. The van der Waals surface area contributed by atoms with Gasteiger partial charge in [-0.3, -0.25) is 10.1 Å². The van der Waals surface area contributed by atoms with E-state index in [-0.39, 0.29) is 5.69 Å². The van der Waals surface area contributed by atoms with Gasteiger partial charge in [-0.25, -0.2) is 9.69 Å². The lowest BCUT2D eigenvalue weighted by Crippen LogP contribution is -2.17. The van der Waals surface area contributed by atoms with Crippen molar-refractivity contribution in [1.29, 1.82) is 0 Å². The molecule has 1 aromatic carbocycles. The maximum atomic E-state index is 11.1. The minimum atomic E-state index is -0.477. The number of rotatable bonds is 1. The zero-order valence-electron chi connectivity index (χ0n) is 8.75. The molecule has 0 aromatic heterocycles. The maximum Gasteiger partial charge on any atom is 0.421 e. The Kier molecular flexibility index (Phi) is 2.92. The first kappa shape index (κ1) is 11.0. The van der Waals surface area contributed by atoms with Gasteiger partial charge >= 0.3 is 6.09 Å². The molecule has 2 rings (SSSR count).